The van der Waals surface area contributed by atoms with Gasteiger partial charge in [-0.3, -0.25) is 9.20 Å². The van der Waals surface area contributed by atoms with Crippen LogP contribution in [0.1, 0.15) is 24.6 Å². The number of thiazole rings is 1. The van der Waals surface area contributed by atoms with Gasteiger partial charge in [0.1, 0.15) is 0 Å². The van der Waals surface area contributed by atoms with Crippen molar-refractivity contribution in [2.24, 2.45) is 0 Å². The maximum atomic E-state index is 12.5. The standard InChI is InChI=1S/C23H23N3OS/c1-17(12-13-18-8-4-2-5-9-18)24-22(27)14-20-16-28-23-25-21(15-26(20)23)19-10-6-3-7-11-19/h2-11,15-17H,12-14H2,1H3,(H,24,27)/t17-/m1/s1. The highest BCUT2D eigenvalue weighted by Gasteiger charge is 2.14. The van der Waals surface area contributed by atoms with Crippen molar-refractivity contribution in [1.29, 1.82) is 0 Å². The highest BCUT2D eigenvalue weighted by atomic mass is 32.1. The van der Waals surface area contributed by atoms with E-state index in [0.717, 1.165) is 34.8 Å². The molecule has 28 heavy (non-hydrogen) atoms. The molecule has 2 heterocycles. The molecule has 1 atom stereocenters. The molecule has 0 aliphatic heterocycles. The summed E-state index contributed by atoms with van der Waals surface area (Å²) in [7, 11) is 0. The molecule has 0 spiro atoms. The van der Waals surface area contributed by atoms with E-state index in [9.17, 15) is 4.79 Å². The molecule has 0 radical (unpaired) electrons. The minimum Gasteiger partial charge on any atom is -0.353 e. The Morgan fingerprint density at radius 2 is 1.82 bits per heavy atom. The number of nitrogens with zero attached hydrogens (tertiary/aromatic N) is 2. The zero-order chi connectivity index (χ0) is 19.3. The Labute approximate surface area is 168 Å². The molecule has 1 amide bonds. The largest absolute Gasteiger partial charge is 0.353 e. The normalized spacial score (nSPS) is 12.2. The number of carbonyl (C=O) groups excluding carboxylic acids is 1. The summed E-state index contributed by atoms with van der Waals surface area (Å²) in [5, 5.41) is 5.14. The van der Waals surface area contributed by atoms with Crippen molar-refractivity contribution in [1.82, 2.24) is 14.7 Å². The molecule has 0 saturated carbocycles. The minimum atomic E-state index is 0.0511. The van der Waals surface area contributed by atoms with Gasteiger partial charge in [-0.15, -0.1) is 11.3 Å². The molecule has 5 heteroatoms. The Morgan fingerprint density at radius 1 is 1.11 bits per heavy atom. The van der Waals surface area contributed by atoms with E-state index in [1.54, 1.807) is 11.3 Å². The summed E-state index contributed by atoms with van der Waals surface area (Å²) in [6, 6.07) is 20.6. The van der Waals surface area contributed by atoms with Crippen LogP contribution >= 0.6 is 11.3 Å². The molecule has 2 aromatic carbocycles. The van der Waals surface area contributed by atoms with Crippen molar-refractivity contribution >= 4 is 22.2 Å². The summed E-state index contributed by atoms with van der Waals surface area (Å²) in [5.74, 6) is 0.0511. The average molecular weight is 390 g/mol. The van der Waals surface area contributed by atoms with Crippen LogP contribution in [0.2, 0.25) is 0 Å². The second-order valence-electron chi connectivity index (χ2n) is 7.04. The minimum absolute atomic E-state index is 0.0511. The lowest BCUT2D eigenvalue weighted by Crippen LogP contribution is -2.34. The topological polar surface area (TPSA) is 46.4 Å². The zero-order valence-electron chi connectivity index (χ0n) is 15.8. The summed E-state index contributed by atoms with van der Waals surface area (Å²) < 4.78 is 2.03. The smallest absolute Gasteiger partial charge is 0.226 e. The number of carbonyl (C=O) groups is 1. The third kappa shape index (κ3) is 4.31. The van der Waals surface area contributed by atoms with Crippen LogP contribution in [0.25, 0.3) is 16.2 Å². The summed E-state index contributed by atoms with van der Waals surface area (Å²) in [6.45, 7) is 2.06. The van der Waals surface area contributed by atoms with Crippen LogP contribution in [0.5, 0.6) is 0 Å². The monoisotopic (exact) mass is 389 g/mol. The van der Waals surface area contributed by atoms with Crippen molar-refractivity contribution in [3.05, 3.63) is 83.5 Å². The Kier molecular flexibility index (Phi) is 5.53. The average Bonchev–Trinajstić information content (AvgIpc) is 3.30. The number of aromatic nitrogens is 2. The molecule has 1 N–H and O–H groups in total. The molecule has 142 valence electrons. The SMILES string of the molecule is C[C@H](CCc1ccccc1)NC(=O)Cc1csc2nc(-c3ccccc3)cn12. The van der Waals surface area contributed by atoms with Gasteiger partial charge in [-0.25, -0.2) is 4.98 Å². The van der Waals surface area contributed by atoms with Crippen molar-refractivity contribution in [2.75, 3.05) is 0 Å². The first-order valence-electron chi connectivity index (χ1n) is 9.53. The van der Waals surface area contributed by atoms with Crippen LogP contribution in [-0.4, -0.2) is 21.3 Å². The van der Waals surface area contributed by atoms with Gasteiger partial charge in [-0.1, -0.05) is 60.7 Å². The molecule has 0 aliphatic carbocycles. The first-order valence-corrected chi connectivity index (χ1v) is 10.4. The van der Waals surface area contributed by atoms with Crippen LogP contribution in [0.15, 0.2) is 72.2 Å². The van der Waals surface area contributed by atoms with Gasteiger partial charge in [-0.05, 0) is 25.3 Å². The molecule has 4 rings (SSSR count). The van der Waals surface area contributed by atoms with Crippen LogP contribution in [0.3, 0.4) is 0 Å². The summed E-state index contributed by atoms with van der Waals surface area (Å²) >= 11 is 1.57. The Morgan fingerprint density at radius 3 is 2.57 bits per heavy atom. The number of rotatable bonds is 7. The lowest BCUT2D eigenvalue weighted by Gasteiger charge is -2.13. The van der Waals surface area contributed by atoms with Crippen LogP contribution in [0, 0.1) is 0 Å². The van der Waals surface area contributed by atoms with Crippen LogP contribution < -0.4 is 5.32 Å². The maximum Gasteiger partial charge on any atom is 0.226 e. The second kappa shape index (κ2) is 8.40. The molecule has 0 saturated heterocycles. The zero-order valence-corrected chi connectivity index (χ0v) is 16.7. The van der Waals surface area contributed by atoms with Gasteiger partial charge in [0.05, 0.1) is 12.1 Å². The third-order valence-corrected chi connectivity index (χ3v) is 5.70. The van der Waals surface area contributed by atoms with Crippen LogP contribution in [0.4, 0.5) is 0 Å². The molecule has 0 aliphatic rings. The number of amides is 1. The van der Waals surface area contributed by atoms with Gasteiger partial charge < -0.3 is 5.32 Å². The highest BCUT2D eigenvalue weighted by molar-refractivity contribution is 7.15. The van der Waals surface area contributed by atoms with E-state index >= 15 is 0 Å². The van der Waals surface area contributed by atoms with Gasteiger partial charge in [0.15, 0.2) is 4.96 Å². The van der Waals surface area contributed by atoms with E-state index in [-0.39, 0.29) is 11.9 Å². The van der Waals surface area contributed by atoms with E-state index in [2.05, 4.69) is 41.5 Å². The maximum absolute atomic E-state index is 12.5. The predicted molar refractivity (Wildman–Crippen MR) is 115 cm³/mol. The Balaban J connectivity index is 1.37. The lowest BCUT2D eigenvalue weighted by atomic mass is 10.1. The van der Waals surface area contributed by atoms with E-state index in [1.165, 1.54) is 5.56 Å². The number of nitrogens with one attached hydrogen (secondary N) is 1. The highest BCUT2D eigenvalue weighted by Crippen LogP contribution is 2.23. The molecule has 0 fully saturated rings. The number of imidazole rings is 1. The van der Waals surface area contributed by atoms with Gasteiger partial charge in [0, 0.05) is 28.9 Å². The molecule has 0 bridgehead atoms. The first kappa shape index (κ1) is 18.4. The number of hydrogen-bond acceptors (Lipinski definition) is 3. The quantitative estimate of drug-likeness (QED) is 0.496. The summed E-state index contributed by atoms with van der Waals surface area (Å²) in [5.41, 5.74) is 4.30. The van der Waals surface area contributed by atoms with E-state index in [4.69, 9.17) is 0 Å². The fourth-order valence-corrected chi connectivity index (χ4v) is 4.17. The van der Waals surface area contributed by atoms with Gasteiger partial charge in [0.2, 0.25) is 5.91 Å². The van der Waals surface area contributed by atoms with E-state index in [1.807, 2.05) is 52.4 Å². The van der Waals surface area contributed by atoms with Gasteiger partial charge in [-0.2, -0.15) is 0 Å². The molecule has 2 aromatic heterocycles. The number of fused-ring (bicyclic) bond motifs is 1. The molecular weight excluding hydrogens is 366 g/mol. The van der Waals surface area contributed by atoms with Gasteiger partial charge in [0.25, 0.3) is 0 Å². The number of aryl methyl sites for hydroxylation is 1. The Bertz CT molecular complexity index is 1050. The fourth-order valence-electron chi connectivity index (χ4n) is 3.29. The third-order valence-electron chi connectivity index (χ3n) is 4.81. The summed E-state index contributed by atoms with van der Waals surface area (Å²) in [6.07, 6.45) is 4.27. The molecule has 4 aromatic rings. The first-order chi connectivity index (χ1) is 13.7. The van der Waals surface area contributed by atoms with E-state index in [0.29, 0.717) is 6.42 Å². The predicted octanol–water partition coefficient (Wildman–Crippen LogP) is 4.74. The summed E-state index contributed by atoms with van der Waals surface area (Å²) in [4.78, 5) is 18.1. The molecule has 0 unspecified atom stereocenters. The lowest BCUT2D eigenvalue weighted by molar-refractivity contribution is -0.121. The number of hydrogen-bond donors (Lipinski definition) is 1. The van der Waals surface area contributed by atoms with Gasteiger partial charge >= 0.3 is 0 Å². The van der Waals surface area contributed by atoms with Crippen molar-refractivity contribution in [3.63, 3.8) is 0 Å². The van der Waals surface area contributed by atoms with E-state index < -0.39 is 0 Å². The Hall–Kier alpha value is -2.92. The van der Waals surface area contributed by atoms with Crippen LogP contribution in [-0.2, 0) is 17.6 Å². The number of benzene rings is 2. The van der Waals surface area contributed by atoms with Crippen molar-refractivity contribution < 1.29 is 4.79 Å². The van der Waals surface area contributed by atoms with Crippen molar-refractivity contribution in [3.8, 4) is 11.3 Å². The molecular formula is C23H23N3OS. The molecule has 4 nitrogen and oxygen atoms in total. The second-order valence-corrected chi connectivity index (χ2v) is 7.88. The fraction of sp³-hybridized carbons (Fsp3) is 0.217. The van der Waals surface area contributed by atoms with Crippen molar-refractivity contribution in [2.45, 2.75) is 32.2 Å².